The van der Waals surface area contributed by atoms with Crippen LogP contribution in [0.15, 0.2) is 65.3 Å². The molecule has 0 aliphatic rings. The van der Waals surface area contributed by atoms with Crippen LogP contribution in [0.5, 0.6) is 0 Å². The molecule has 0 saturated carbocycles. The second-order valence-electron chi connectivity index (χ2n) is 5.80. The molecule has 0 fully saturated rings. The SMILES string of the molecule is Cn1ccnc1Sc1ccc2ncnc(Nc3nc4cccnc4s3)c2c1. The maximum Gasteiger partial charge on any atom is 0.190 e. The van der Waals surface area contributed by atoms with E-state index in [1.165, 1.54) is 11.3 Å². The van der Waals surface area contributed by atoms with Crippen LogP contribution in [-0.2, 0) is 7.05 Å². The average molecular weight is 391 g/mol. The summed E-state index contributed by atoms with van der Waals surface area (Å²) in [6.45, 7) is 0. The molecule has 132 valence electrons. The zero-order chi connectivity index (χ0) is 18.2. The molecule has 0 saturated heterocycles. The first-order valence-electron chi connectivity index (χ1n) is 8.15. The lowest BCUT2D eigenvalue weighted by Gasteiger charge is -2.07. The first-order valence-corrected chi connectivity index (χ1v) is 9.78. The van der Waals surface area contributed by atoms with E-state index in [1.807, 2.05) is 42.1 Å². The molecule has 0 aliphatic carbocycles. The molecule has 0 amide bonds. The van der Waals surface area contributed by atoms with Crippen molar-refractivity contribution in [1.29, 1.82) is 0 Å². The summed E-state index contributed by atoms with van der Waals surface area (Å²) in [4.78, 5) is 24.0. The minimum Gasteiger partial charge on any atom is -0.329 e. The van der Waals surface area contributed by atoms with Crippen molar-refractivity contribution >= 4 is 55.3 Å². The van der Waals surface area contributed by atoms with Crippen LogP contribution in [-0.4, -0.2) is 29.5 Å². The van der Waals surface area contributed by atoms with E-state index in [4.69, 9.17) is 0 Å². The highest BCUT2D eigenvalue weighted by Crippen LogP contribution is 2.32. The lowest BCUT2D eigenvalue weighted by molar-refractivity contribution is 0.790. The van der Waals surface area contributed by atoms with Crippen molar-refractivity contribution in [1.82, 2.24) is 29.5 Å². The first kappa shape index (κ1) is 16.2. The molecular formula is C18H13N7S2. The summed E-state index contributed by atoms with van der Waals surface area (Å²) < 4.78 is 1.99. The summed E-state index contributed by atoms with van der Waals surface area (Å²) in [7, 11) is 1.98. The predicted molar refractivity (Wildman–Crippen MR) is 108 cm³/mol. The number of hydrogen-bond donors (Lipinski definition) is 1. The molecule has 0 atom stereocenters. The summed E-state index contributed by atoms with van der Waals surface area (Å²) in [5.41, 5.74) is 1.74. The predicted octanol–water partition coefficient (Wildman–Crippen LogP) is 4.26. The number of imidazole rings is 1. The number of rotatable bonds is 4. The highest BCUT2D eigenvalue weighted by Gasteiger charge is 2.10. The summed E-state index contributed by atoms with van der Waals surface area (Å²) in [6.07, 6.45) is 7.05. The Balaban J connectivity index is 1.53. The lowest BCUT2D eigenvalue weighted by Crippen LogP contribution is -1.96. The number of anilines is 2. The van der Waals surface area contributed by atoms with Crippen LogP contribution in [0, 0.1) is 0 Å². The van der Waals surface area contributed by atoms with Gasteiger partial charge in [0.1, 0.15) is 22.5 Å². The van der Waals surface area contributed by atoms with Gasteiger partial charge in [-0.3, -0.25) is 0 Å². The minimum atomic E-state index is 0.723. The fraction of sp³-hybridized carbons (Fsp3) is 0.0556. The van der Waals surface area contributed by atoms with Crippen molar-refractivity contribution in [2.75, 3.05) is 5.32 Å². The molecule has 5 rings (SSSR count). The molecule has 0 aliphatic heterocycles. The van der Waals surface area contributed by atoms with Crippen molar-refractivity contribution in [3.8, 4) is 0 Å². The second kappa shape index (κ2) is 6.60. The highest BCUT2D eigenvalue weighted by atomic mass is 32.2. The van der Waals surface area contributed by atoms with Crippen molar-refractivity contribution in [3.05, 3.63) is 55.2 Å². The largest absolute Gasteiger partial charge is 0.329 e. The fourth-order valence-electron chi connectivity index (χ4n) is 2.68. The molecular weight excluding hydrogens is 378 g/mol. The van der Waals surface area contributed by atoms with Crippen LogP contribution in [0.2, 0.25) is 0 Å². The molecule has 1 aromatic carbocycles. The standard InChI is InChI=1S/C18H13N7S2/c1-25-8-7-20-18(25)26-11-4-5-13-12(9-11)15(22-10-21-13)24-17-23-14-3-2-6-19-16(14)27-17/h2-10H,1H3,(H,21,22,23,24). The van der Waals surface area contributed by atoms with Gasteiger partial charge in [-0.05, 0) is 30.3 Å². The van der Waals surface area contributed by atoms with Gasteiger partial charge in [-0.25, -0.2) is 24.9 Å². The van der Waals surface area contributed by atoms with Crippen LogP contribution >= 0.6 is 23.1 Å². The van der Waals surface area contributed by atoms with Crippen molar-refractivity contribution in [2.24, 2.45) is 7.05 Å². The Morgan fingerprint density at radius 3 is 2.85 bits per heavy atom. The van der Waals surface area contributed by atoms with E-state index < -0.39 is 0 Å². The molecule has 0 spiro atoms. The number of fused-ring (bicyclic) bond motifs is 2. The van der Waals surface area contributed by atoms with Crippen molar-refractivity contribution in [3.63, 3.8) is 0 Å². The Morgan fingerprint density at radius 2 is 2.00 bits per heavy atom. The van der Waals surface area contributed by atoms with Gasteiger partial charge in [0.15, 0.2) is 10.3 Å². The Kier molecular flexibility index (Phi) is 3.95. The molecule has 0 radical (unpaired) electrons. The van der Waals surface area contributed by atoms with E-state index >= 15 is 0 Å². The third kappa shape index (κ3) is 3.11. The number of nitrogens with zero attached hydrogens (tertiary/aromatic N) is 6. The van der Waals surface area contributed by atoms with Gasteiger partial charge in [0.25, 0.3) is 0 Å². The van der Waals surface area contributed by atoms with Gasteiger partial charge in [0.05, 0.1) is 5.52 Å². The van der Waals surface area contributed by atoms with Crippen LogP contribution in [0.4, 0.5) is 10.9 Å². The summed E-state index contributed by atoms with van der Waals surface area (Å²) in [5, 5.41) is 5.94. The third-order valence-electron chi connectivity index (χ3n) is 3.98. The van der Waals surface area contributed by atoms with E-state index in [0.717, 1.165) is 42.3 Å². The normalized spacial score (nSPS) is 11.3. The maximum atomic E-state index is 4.58. The molecule has 0 bridgehead atoms. The molecule has 9 heteroatoms. The number of aryl methyl sites for hydroxylation is 1. The first-order chi connectivity index (χ1) is 13.3. The molecule has 5 aromatic rings. The van der Waals surface area contributed by atoms with E-state index in [-0.39, 0.29) is 0 Å². The zero-order valence-electron chi connectivity index (χ0n) is 14.2. The number of aromatic nitrogens is 6. The summed E-state index contributed by atoms with van der Waals surface area (Å²) in [6, 6.07) is 9.94. The topological polar surface area (TPSA) is 81.4 Å². The van der Waals surface area contributed by atoms with Gasteiger partial charge in [-0.1, -0.05) is 23.1 Å². The fourth-order valence-corrected chi connectivity index (χ4v) is 4.33. The summed E-state index contributed by atoms with van der Waals surface area (Å²) in [5.74, 6) is 0.723. The molecule has 1 N–H and O–H groups in total. The van der Waals surface area contributed by atoms with Crippen LogP contribution in [0.25, 0.3) is 21.3 Å². The zero-order valence-corrected chi connectivity index (χ0v) is 15.8. The van der Waals surface area contributed by atoms with Crippen LogP contribution < -0.4 is 5.32 Å². The smallest absolute Gasteiger partial charge is 0.190 e. The van der Waals surface area contributed by atoms with E-state index in [0.29, 0.717) is 0 Å². The number of benzene rings is 1. The molecule has 4 heterocycles. The number of nitrogens with one attached hydrogen (secondary N) is 1. The van der Waals surface area contributed by atoms with Crippen LogP contribution in [0.3, 0.4) is 0 Å². The van der Waals surface area contributed by atoms with Gasteiger partial charge in [-0.15, -0.1) is 0 Å². The van der Waals surface area contributed by atoms with Crippen molar-refractivity contribution < 1.29 is 0 Å². The second-order valence-corrected chi connectivity index (χ2v) is 7.81. The molecule has 27 heavy (non-hydrogen) atoms. The summed E-state index contributed by atoms with van der Waals surface area (Å²) >= 11 is 3.10. The molecule has 7 nitrogen and oxygen atoms in total. The van der Waals surface area contributed by atoms with Gasteiger partial charge in [0.2, 0.25) is 0 Å². The van der Waals surface area contributed by atoms with Crippen molar-refractivity contribution in [2.45, 2.75) is 10.1 Å². The van der Waals surface area contributed by atoms with Gasteiger partial charge in [-0.2, -0.15) is 0 Å². The third-order valence-corrected chi connectivity index (χ3v) is 5.94. The van der Waals surface area contributed by atoms with E-state index in [9.17, 15) is 0 Å². The van der Waals surface area contributed by atoms with E-state index in [2.05, 4.69) is 36.3 Å². The Labute approximate surface area is 162 Å². The highest BCUT2D eigenvalue weighted by molar-refractivity contribution is 7.99. The van der Waals surface area contributed by atoms with Gasteiger partial charge in [0, 0.05) is 35.9 Å². The molecule has 4 aromatic heterocycles. The maximum absolute atomic E-state index is 4.58. The Bertz CT molecular complexity index is 1230. The average Bonchev–Trinajstić information content (AvgIpc) is 3.28. The minimum absolute atomic E-state index is 0.723. The Morgan fingerprint density at radius 1 is 1.04 bits per heavy atom. The number of hydrogen-bond acceptors (Lipinski definition) is 8. The lowest BCUT2D eigenvalue weighted by atomic mass is 10.2. The van der Waals surface area contributed by atoms with E-state index in [1.54, 1.807) is 30.5 Å². The van der Waals surface area contributed by atoms with Crippen LogP contribution in [0.1, 0.15) is 0 Å². The Hall–Kier alpha value is -3.04. The molecule has 0 unspecified atom stereocenters. The number of thiazole rings is 1. The van der Waals surface area contributed by atoms with Gasteiger partial charge >= 0.3 is 0 Å². The monoisotopic (exact) mass is 391 g/mol. The quantitative estimate of drug-likeness (QED) is 0.490. The van der Waals surface area contributed by atoms with Gasteiger partial charge < -0.3 is 9.88 Å². The number of pyridine rings is 1.